The van der Waals surface area contributed by atoms with Crippen LogP contribution in [0.2, 0.25) is 0 Å². The molecule has 1 aromatic heterocycles. The molecule has 0 radical (unpaired) electrons. The zero-order valence-electron chi connectivity index (χ0n) is 13.8. The Morgan fingerprint density at radius 3 is 2.50 bits per heavy atom. The van der Waals surface area contributed by atoms with Crippen molar-refractivity contribution in [1.82, 2.24) is 15.3 Å². The number of nitrogens with zero attached hydrogens (tertiary/aromatic N) is 2. The number of carbonyl (C=O) groups is 1. The number of rotatable bonds is 8. The number of halogens is 1. The van der Waals surface area contributed by atoms with Crippen molar-refractivity contribution in [2.24, 2.45) is 0 Å². The van der Waals surface area contributed by atoms with Gasteiger partial charge in [-0.3, -0.25) is 4.79 Å². The maximum atomic E-state index is 12.9. The van der Waals surface area contributed by atoms with E-state index in [1.54, 1.807) is 32.3 Å². The lowest BCUT2D eigenvalue weighted by molar-refractivity contribution is -0.134. The molecule has 6 nitrogen and oxygen atoms in total. The van der Waals surface area contributed by atoms with E-state index < -0.39 is 5.60 Å². The second-order valence-electron chi connectivity index (χ2n) is 5.67. The predicted molar refractivity (Wildman–Crippen MR) is 89.3 cm³/mol. The first-order valence-electron chi connectivity index (χ1n) is 7.71. The molecular weight excluding hydrogens is 311 g/mol. The highest BCUT2D eigenvalue weighted by molar-refractivity contribution is 5.84. The van der Waals surface area contributed by atoms with Gasteiger partial charge in [0.25, 0.3) is 5.91 Å². The number of aromatic nitrogens is 2. The number of carbonyl (C=O) groups excluding carboxylic acids is 1. The fraction of sp³-hybridized carbons (Fsp3) is 0.353. The number of hydrogen-bond acceptors (Lipinski definition) is 5. The lowest BCUT2D eigenvalue weighted by Gasteiger charge is -2.25. The molecule has 0 aliphatic rings. The van der Waals surface area contributed by atoms with Gasteiger partial charge in [0, 0.05) is 25.5 Å². The van der Waals surface area contributed by atoms with Crippen LogP contribution in [0, 0.1) is 5.82 Å². The molecule has 1 aromatic carbocycles. The molecule has 1 heterocycles. The fourth-order valence-corrected chi connectivity index (χ4v) is 1.94. The SMILES string of the molecule is CC(C)(Oc1ccc(F)cc1)C(=O)NCCCNc1ncccn1. The zero-order chi connectivity index (χ0) is 17.4. The Bertz CT molecular complexity index is 647. The molecule has 0 spiro atoms. The molecule has 2 rings (SSSR count). The summed E-state index contributed by atoms with van der Waals surface area (Å²) in [6.07, 6.45) is 4.04. The van der Waals surface area contributed by atoms with Crippen LogP contribution in [0.1, 0.15) is 20.3 Å². The monoisotopic (exact) mass is 332 g/mol. The lowest BCUT2D eigenvalue weighted by Crippen LogP contribution is -2.47. The van der Waals surface area contributed by atoms with Crippen molar-refractivity contribution >= 4 is 11.9 Å². The van der Waals surface area contributed by atoms with Crippen molar-refractivity contribution in [3.63, 3.8) is 0 Å². The molecule has 7 heteroatoms. The van der Waals surface area contributed by atoms with Crippen molar-refractivity contribution < 1.29 is 13.9 Å². The van der Waals surface area contributed by atoms with Gasteiger partial charge in [0.05, 0.1) is 0 Å². The van der Waals surface area contributed by atoms with Crippen LogP contribution in [0.5, 0.6) is 5.75 Å². The van der Waals surface area contributed by atoms with Gasteiger partial charge in [0.15, 0.2) is 5.60 Å². The van der Waals surface area contributed by atoms with E-state index in [0.29, 0.717) is 24.8 Å². The van der Waals surface area contributed by atoms with Crippen LogP contribution in [-0.2, 0) is 4.79 Å². The van der Waals surface area contributed by atoms with Gasteiger partial charge in [-0.15, -0.1) is 0 Å². The molecular formula is C17H21FN4O2. The highest BCUT2D eigenvalue weighted by atomic mass is 19.1. The van der Waals surface area contributed by atoms with E-state index in [1.807, 2.05) is 0 Å². The van der Waals surface area contributed by atoms with Crippen LogP contribution in [0.3, 0.4) is 0 Å². The first-order valence-corrected chi connectivity index (χ1v) is 7.71. The first kappa shape index (κ1) is 17.7. The van der Waals surface area contributed by atoms with Gasteiger partial charge >= 0.3 is 0 Å². The average molecular weight is 332 g/mol. The maximum absolute atomic E-state index is 12.9. The van der Waals surface area contributed by atoms with E-state index in [-0.39, 0.29) is 11.7 Å². The zero-order valence-corrected chi connectivity index (χ0v) is 13.8. The second-order valence-corrected chi connectivity index (χ2v) is 5.67. The molecule has 1 amide bonds. The summed E-state index contributed by atoms with van der Waals surface area (Å²) < 4.78 is 18.5. The van der Waals surface area contributed by atoms with Gasteiger partial charge in [-0.05, 0) is 50.6 Å². The maximum Gasteiger partial charge on any atom is 0.263 e. The third-order valence-corrected chi connectivity index (χ3v) is 3.22. The highest BCUT2D eigenvalue weighted by Crippen LogP contribution is 2.18. The topological polar surface area (TPSA) is 76.1 Å². The van der Waals surface area contributed by atoms with Gasteiger partial charge in [-0.2, -0.15) is 0 Å². The van der Waals surface area contributed by atoms with Crippen LogP contribution in [0.4, 0.5) is 10.3 Å². The second kappa shape index (κ2) is 8.24. The van der Waals surface area contributed by atoms with Gasteiger partial charge in [-0.25, -0.2) is 14.4 Å². The lowest BCUT2D eigenvalue weighted by atomic mass is 10.1. The predicted octanol–water partition coefficient (Wildman–Crippen LogP) is 2.39. The first-order chi connectivity index (χ1) is 11.5. The molecule has 24 heavy (non-hydrogen) atoms. The summed E-state index contributed by atoms with van der Waals surface area (Å²) in [4.78, 5) is 20.3. The molecule has 0 atom stereocenters. The quantitative estimate of drug-likeness (QED) is 0.726. The number of anilines is 1. The van der Waals surface area contributed by atoms with E-state index in [2.05, 4.69) is 20.6 Å². The Balaban J connectivity index is 1.71. The number of nitrogens with one attached hydrogen (secondary N) is 2. The molecule has 0 aliphatic heterocycles. The third-order valence-electron chi connectivity index (χ3n) is 3.22. The summed E-state index contributed by atoms with van der Waals surface area (Å²) in [5.41, 5.74) is -1.05. The third kappa shape index (κ3) is 5.49. The van der Waals surface area contributed by atoms with Crippen molar-refractivity contribution in [2.45, 2.75) is 25.9 Å². The molecule has 0 fully saturated rings. The van der Waals surface area contributed by atoms with E-state index in [0.717, 1.165) is 6.42 Å². The highest BCUT2D eigenvalue weighted by Gasteiger charge is 2.29. The van der Waals surface area contributed by atoms with Gasteiger partial charge in [-0.1, -0.05) is 0 Å². The van der Waals surface area contributed by atoms with Crippen molar-refractivity contribution in [3.05, 3.63) is 48.5 Å². The van der Waals surface area contributed by atoms with Crippen molar-refractivity contribution in [1.29, 1.82) is 0 Å². The molecule has 0 bridgehead atoms. The van der Waals surface area contributed by atoms with Crippen molar-refractivity contribution in [3.8, 4) is 5.75 Å². The molecule has 128 valence electrons. The standard InChI is InChI=1S/C17H21FN4O2/c1-17(2,24-14-7-5-13(18)6-8-14)15(23)19-9-3-10-20-16-21-11-4-12-22-16/h4-8,11-12H,3,9-10H2,1-2H3,(H,19,23)(H,20,21,22). The molecule has 0 unspecified atom stereocenters. The van der Waals surface area contributed by atoms with Gasteiger partial charge in [0.1, 0.15) is 11.6 Å². The normalized spacial score (nSPS) is 11.0. The van der Waals surface area contributed by atoms with E-state index in [9.17, 15) is 9.18 Å². The summed E-state index contributed by atoms with van der Waals surface area (Å²) in [7, 11) is 0. The van der Waals surface area contributed by atoms with Crippen LogP contribution in [0.15, 0.2) is 42.7 Å². The fourth-order valence-electron chi connectivity index (χ4n) is 1.94. The number of ether oxygens (including phenoxy) is 1. The van der Waals surface area contributed by atoms with Gasteiger partial charge in [0.2, 0.25) is 5.95 Å². The summed E-state index contributed by atoms with van der Waals surface area (Å²) in [6, 6.07) is 7.32. The number of benzene rings is 1. The summed E-state index contributed by atoms with van der Waals surface area (Å²) in [5.74, 6) is 0.422. The minimum atomic E-state index is -1.05. The average Bonchev–Trinajstić information content (AvgIpc) is 2.57. The Kier molecular flexibility index (Phi) is 6.06. The number of hydrogen-bond donors (Lipinski definition) is 2. The van der Waals surface area contributed by atoms with Crippen LogP contribution >= 0.6 is 0 Å². The minimum absolute atomic E-state index is 0.234. The summed E-state index contributed by atoms with van der Waals surface area (Å²) >= 11 is 0. The number of amides is 1. The van der Waals surface area contributed by atoms with Crippen molar-refractivity contribution in [2.75, 3.05) is 18.4 Å². The molecule has 0 aliphatic carbocycles. The Labute approximate surface area is 140 Å². The van der Waals surface area contributed by atoms with Crippen LogP contribution < -0.4 is 15.4 Å². The largest absolute Gasteiger partial charge is 0.478 e. The molecule has 2 N–H and O–H groups in total. The summed E-state index contributed by atoms with van der Waals surface area (Å²) in [5, 5.41) is 5.88. The van der Waals surface area contributed by atoms with Crippen LogP contribution in [0.25, 0.3) is 0 Å². The van der Waals surface area contributed by atoms with Gasteiger partial charge < -0.3 is 15.4 Å². The Morgan fingerprint density at radius 1 is 1.17 bits per heavy atom. The Hall–Kier alpha value is -2.70. The smallest absolute Gasteiger partial charge is 0.263 e. The molecule has 0 saturated carbocycles. The Morgan fingerprint density at radius 2 is 1.83 bits per heavy atom. The van der Waals surface area contributed by atoms with E-state index in [4.69, 9.17) is 4.74 Å². The molecule has 0 saturated heterocycles. The van der Waals surface area contributed by atoms with E-state index >= 15 is 0 Å². The molecule has 2 aromatic rings. The van der Waals surface area contributed by atoms with E-state index in [1.165, 1.54) is 24.3 Å². The van der Waals surface area contributed by atoms with Crippen LogP contribution in [-0.4, -0.2) is 34.6 Å². The summed E-state index contributed by atoms with van der Waals surface area (Å²) in [6.45, 7) is 4.47. The minimum Gasteiger partial charge on any atom is -0.478 e.